The molecule has 1 aromatic heterocycles. The number of aliphatic carboxylic acids is 1. The molecule has 1 heterocycles. The first-order valence-electron chi connectivity index (χ1n) is 7.40. The number of hydrogen-bond donors (Lipinski definition) is 3. The Morgan fingerprint density at radius 3 is 2.87 bits per heavy atom. The van der Waals surface area contributed by atoms with E-state index in [0.717, 1.165) is 30.0 Å². The highest BCUT2D eigenvalue weighted by atomic mass is 16.5. The van der Waals surface area contributed by atoms with Gasteiger partial charge in [-0.1, -0.05) is 6.07 Å². The summed E-state index contributed by atoms with van der Waals surface area (Å²) < 4.78 is 5.20. The third-order valence-electron chi connectivity index (χ3n) is 3.48. The number of hydrogen-bond acceptors (Lipinski definition) is 6. The fraction of sp³-hybridized carbons (Fsp3) is 0.312. The Balaban J connectivity index is 1.83. The van der Waals surface area contributed by atoms with E-state index in [1.807, 2.05) is 30.3 Å². The molecule has 1 saturated carbocycles. The molecule has 0 saturated heterocycles. The van der Waals surface area contributed by atoms with Gasteiger partial charge < -0.3 is 20.5 Å². The van der Waals surface area contributed by atoms with Crippen LogP contribution in [-0.4, -0.2) is 34.7 Å². The Morgan fingerprint density at radius 1 is 1.35 bits per heavy atom. The number of benzene rings is 1. The molecular formula is C16H18N4O3. The van der Waals surface area contributed by atoms with E-state index in [1.54, 1.807) is 7.11 Å². The quantitative estimate of drug-likeness (QED) is 0.722. The van der Waals surface area contributed by atoms with Crippen LogP contribution in [0.15, 0.2) is 30.3 Å². The van der Waals surface area contributed by atoms with Crippen molar-refractivity contribution < 1.29 is 14.6 Å². The van der Waals surface area contributed by atoms with E-state index in [0.29, 0.717) is 17.7 Å². The van der Waals surface area contributed by atoms with Crippen LogP contribution >= 0.6 is 0 Å². The van der Waals surface area contributed by atoms with E-state index >= 15 is 0 Å². The number of anilines is 3. The molecule has 0 atom stereocenters. The van der Waals surface area contributed by atoms with E-state index in [9.17, 15) is 4.79 Å². The molecule has 1 fully saturated rings. The van der Waals surface area contributed by atoms with Gasteiger partial charge in [-0.15, -0.1) is 0 Å². The molecule has 1 aliphatic rings. The molecule has 2 aromatic rings. The van der Waals surface area contributed by atoms with Crippen LogP contribution in [0.1, 0.15) is 24.5 Å². The molecule has 3 rings (SSSR count). The number of nitrogens with zero attached hydrogens (tertiary/aromatic N) is 2. The zero-order valence-electron chi connectivity index (χ0n) is 12.7. The van der Waals surface area contributed by atoms with Crippen LogP contribution in [0.3, 0.4) is 0 Å². The monoisotopic (exact) mass is 314 g/mol. The number of methoxy groups -OCH3 is 1. The van der Waals surface area contributed by atoms with Crippen molar-refractivity contribution in [2.24, 2.45) is 0 Å². The van der Waals surface area contributed by atoms with Gasteiger partial charge in [0.2, 0.25) is 5.95 Å². The topological polar surface area (TPSA) is 96.4 Å². The lowest BCUT2D eigenvalue weighted by molar-refractivity contribution is -0.134. The average molecular weight is 314 g/mol. The van der Waals surface area contributed by atoms with Crippen molar-refractivity contribution >= 4 is 23.4 Å². The Labute approximate surface area is 133 Å². The number of nitrogens with one attached hydrogen (secondary N) is 2. The van der Waals surface area contributed by atoms with E-state index in [1.165, 1.54) is 0 Å². The summed E-state index contributed by atoms with van der Waals surface area (Å²) in [5.74, 6) is 1.18. The molecule has 0 unspecified atom stereocenters. The van der Waals surface area contributed by atoms with E-state index in [-0.39, 0.29) is 6.54 Å². The summed E-state index contributed by atoms with van der Waals surface area (Å²) in [6.45, 7) is -0.216. The number of carboxylic acid groups (broad SMARTS) is 1. The Morgan fingerprint density at radius 2 is 2.17 bits per heavy atom. The lowest BCUT2D eigenvalue weighted by Crippen LogP contribution is -2.15. The molecule has 0 radical (unpaired) electrons. The summed E-state index contributed by atoms with van der Waals surface area (Å²) in [4.78, 5) is 19.4. The molecule has 0 bridgehead atoms. The minimum absolute atomic E-state index is 0.216. The van der Waals surface area contributed by atoms with Crippen molar-refractivity contribution in [1.82, 2.24) is 9.97 Å². The largest absolute Gasteiger partial charge is 0.497 e. The first-order valence-corrected chi connectivity index (χ1v) is 7.40. The fourth-order valence-corrected chi connectivity index (χ4v) is 2.20. The average Bonchev–Trinajstić information content (AvgIpc) is 3.38. The highest BCUT2D eigenvalue weighted by Gasteiger charge is 2.26. The number of rotatable bonds is 7. The second-order valence-electron chi connectivity index (χ2n) is 5.38. The molecule has 120 valence electrons. The van der Waals surface area contributed by atoms with Crippen LogP contribution in [0, 0.1) is 0 Å². The maximum atomic E-state index is 10.7. The second kappa shape index (κ2) is 6.51. The summed E-state index contributed by atoms with van der Waals surface area (Å²) in [5.41, 5.74) is 1.77. The number of carbonyl (C=O) groups is 1. The molecule has 0 spiro atoms. The van der Waals surface area contributed by atoms with Gasteiger partial charge in [-0.3, -0.25) is 4.79 Å². The molecule has 0 amide bonds. The molecule has 1 aromatic carbocycles. The van der Waals surface area contributed by atoms with Crippen molar-refractivity contribution in [1.29, 1.82) is 0 Å². The third-order valence-corrected chi connectivity index (χ3v) is 3.48. The number of aromatic nitrogens is 2. The fourth-order valence-electron chi connectivity index (χ4n) is 2.20. The zero-order chi connectivity index (χ0) is 16.2. The van der Waals surface area contributed by atoms with Crippen molar-refractivity contribution in [3.63, 3.8) is 0 Å². The molecule has 23 heavy (non-hydrogen) atoms. The maximum Gasteiger partial charge on any atom is 0.322 e. The Kier molecular flexibility index (Phi) is 4.27. The van der Waals surface area contributed by atoms with Crippen molar-refractivity contribution in [2.45, 2.75) is 18.8 Å². The first-order chi connectivity index (χ1) is 11.1. The van der Waals surface area contributed by atoms with Gasteiger partial charge in [0.1, 0.15) is 18.1 Å². The summed E-state index contributed by atoms with van der Waals surface area (Å²) in [6, 6.07) is 9.42. The van der Waals surface area contributed by atoms with Crippen LogP contribution < -0.4 is 15.4 Å². The SMILES string of the molecule is COc1cccc(Nc2cc(C3CC3)nc(NCC(=O)O)n2)c1. The standard InChI is InChI=1S/C16H18N4O3/c1-23-12-4-2-3-11(7-12)18-14-8-13(10-5-6-10)19-16(20-14)17-9-15(21)22/h2-4,7-8,10H,5-6,9H2,1H3,(H,21,22)(H2,17,18,19,20). The minimum atomic E-state index is -0.951. The Hall–Kier alpha value is -2.83. The van der Waals surface area contributed by atoms with E-state index in [4.69, 9.17) is 9.84 Å². The third kappa shape index (κ3) is 4.09. The molecular weight excluding hydrogens is 296 g/mol. The van der Waals surface area contributed by atoms with Crippen LogP contribution in [0.5, 0.6) is 5.75 Å². The van der Waals surface area contributed by atoms with E-state index < -0.39 is 5.97 Å². The summed E-state index contributed by atoms with van der Waals surface area (Å²) in [7, 11) is 1.61. The summed E-state index contributed by atoms with van der Waals surface area (Å²) in [5, 5.41) is 14.7. The molecule has 7 nitrogen and oxygen atoms in total. The summed E-state index contributed by atoms with van der Waals surface area (Å²) in [6.07, 6.45) is 2.21. The highest BCUT2D eigenvalue weighted by molar-refractivity contribution is 5.72. The van der Waals surface area contributed by atoms with Gasteiger partial charge in [0.05, 0.1) is 12.8 Å². The highest BCUT2D eigenvalue weighted by Crippen LogP contribution is 2.40. The summed E-state index contributed by atoms with van der Waals surface area (Å²) >= 11 is 0. The molecule has 3 N–H and O–H groups in total. The molecule has 0 aliphatic heterocycles. The minimum Gasteiger partial charge on any atom is -0.497 e. The number of ether oxygens (including phenoxy) is 1. The lowest BCUT2D eigenvalue weighted by atomic mass is 10.2. The van der Waals surface area contributed by atoms with Crippen molar-refractivity contribution in [3.8, 4) is 5.75 Å². The van der Waals surface area contributed by atoms with Crippen molar-refractivity contribution in [2.75, 3.05) is 24.3 Å². The predicted octanol–water partition coefficient (Wildman–Crippen LogP) is 2.60. The van der Waals surface area contributed by atoms with Crippen LogP contribution in [0.25, 0.3) is 0 Å². The molecule has 1 aliphatic carbocycles. The smallest absolute Gasteiger partial charge is 0.322 e. The van der Waals surface area contributed by atoms with Gasteiger partial charge in [0.15, 0.2) is 0 Å². The first kappa shape index (κ1) is 15.1. The predicted molar refractivity (Wildman–Crippen MR) is 86.4 cm³/mol. The van der Waals surface area contributed by atoms with Crippen molar-refractivity contribution in [3.05, 3.63) is 36.0 Å². The normalized spacial score (nSPS) is 13.4. The van der Waals surface area contributed by atoms with Gasteiger partial charge in [-0.05, 0) is 25.0 Å². The molecule has 7 heteroatoms. The van der Waals surface area contributed by atoms with E-state index in [2.05, 4.69) is 20.6 Å². The second-order valence-corrected chi connectivity index (χ2v) is 5.38. The Bertz CT molecular complexity index is 716. The zero-order valence-corrected chi connectivity index (χ0v) is 12.7. The van der Waals surface area contributed by atoms with Gasteiger partial charge in [-0.2, -0.15) is 4.98 Å². The lowest BCUT2D eigenvalue weighted by Gasteiger charge is -2.11. The van der Waals surface area contributed by atoms with Gasteiger partial charge >= 0.3 is 5.97 Å². The maximum absolute atomic E-state index is 10.7. The van der Waals surface area contributed by atoms with Crippen LogP contribution in [-0.2, 0) is 4.79 Å². The number of carboxylic acids is 1. The van der Waals surface area contributed by atoms with Crippen LogP contribution in [0.2, 0.25) is 0 Å². The van der Waals surface area contributed by atoms with Gasteiger partial charge in [0.25, 0.3) is 0 Å². The van der Waals surface area contributed by atoms with Gasteiger partial charge in [0, 0.05) is 23.7 Å². The van der Waals surface area contributed by atoms with Gasteiger partial charge in [-0.25, -0.2) is 4.98 Å². The van der Waals surface area contributed by atoms with Crippen LogP contribution in [0.4, 0.5) is 17.5 Å².